The zero-order chi connectivity index (χ0) is 16.7. The van der Waals surface area contributed by atoms with Crippen molar-refractivity contribution in [2.24, 2.45) is 0 Å². The monoisotopic (exact) mass is 328 g/mol. The summed E-state index contributed by atoms with van der Waals surface area (Å²) < 4.78 is 0. The van der Waals surface area contributed by atoms with E-state index in [0.717, 1.165) is 55.8 Å². The second-order valence-corrected chi connectivity index (χ2v) is 7.81. The highest BCUT2D eigenvalue weighted by atomic mass is 16.2. The summed E-state index contributed by atoms with van der Waals surface area (Å²) in [5, 5.41) is 3.07. The Kier molecular flexibility index (Phi) is 4.09. The van der Waals surface area contributed by atoms with Gasteiger partial charge in [0.1, 0.15) is 0 Å². The standard InChI is InChI=1S/C19H28N4O/c1-14-4-5-16-17(20-14)19(18(24)21-16)8-6-15(7-9-19)23-11-3-10-22(2)12-13-23/h4-5,15H,3,6-13H2,1-2H3,(H,21,24). The van der Waals surface area contributed by atoms with E-state index in [0.29, 0.717) is 6.04 Å². The van der Waals surface area contributed by atoms with Gasteiger partial charge < -0.3 is 10.2 Å². The van der Waals surface area contributed by atoms with Crippen LogP contribution in [0, 0.1) is 6.92 Å². The number of pyridine rings is 1. The molecule has 3 heterocycles. The molecule has 130 valence electrons. The van der Waals surface area contributed by atoms with E-state index in [9.17, 15) is 4.79 Å². The highest BCUT2D eigenvalue weighted by Gasteiger charge is 2.50. The largest absolute Gasteiger partial charge is 0.324 e. The first-order valence-electron chi connectivity index (χ1n) is 9.31. The fourth-order valence-electron chi connectivity index (χ4n) is 4.73. The molecule has 2 fully saturated rings. The first kappa shape index (κ1) is 16.0. The number of carbonyl (C=O) groups is 1. The van der Waals surface area contributed by atoms with Gasteiger partial charge in [0.15, 0.2) is 0 Å². The van der Waals surface area contributed by atoms with E-state index in [4.69, 9.17) is 4.98 Å². The first-order valence-corrected chi connectivity index (χ1v) is 9.31. The summed E-state index contributed by atoms with van der Waals surface area (Å²) >= 11 is 0. The molecule has 5 nitrogen and oxygen atoms in total. The zero-order valence-electron chi connectivity index (χ0n) is 14.8. The van der Waals surface area contributed by atoms with Gasteiger partial charge in [-0.1, -0.05) is 0 Å². The molecule has 2 aliphatic heterocycles. The van der Waals surface area contributed by atoms with Crippen LogP contribution in [0.2, 0.25) is 0 Å². The van der Waals surface area contributed by atoms with Gasteiger partial charge in [-0.3, -0.25) is 14.7 Å². The lowest BCUT2D eigenvalue weighted by atomic mass is 9.70. The third-order valence-corrected chi connectivity index (χ3v) is 6.25. The molecule has 3 aliphatic rings. The summed E-state index contributed by atoms with van der Waals surface area (Å²) in [4.78, 5) is 22.6. The van der Waals surface area contributed by atoms with E-state index in [-0.39, 0.29) is 11.3 Å². The van der Waals surface area contributed by atoms with Crippen molar-refractivity contribution in [2.75, 3.05) is 38.5 Å². The fourth-order valence-corrected chi connectivity index (χ4v) is 4.73. The van der Waals surface area contributed by atoms with Crippen LogP contribution in [-0.2, 0) is 10.2 Å². The van der Waals surface area contributed by atoms with E-state index in [1.165, 1.54) is 19.5 Å². The fraction of sp³-hybridized carbons (Fsp3) is 0.684. The van der Waals surface area contributed by atoms with Gasteiger partial charge in [-0.25, -0.2) is 0 Å². The number of nitrogens with one attached hydrogen (secondary N) is 1. The summed E-state index contributed by atoms with van der Waals surface area (Å²) in [6.07, 6.45) is 5.32. The van der Waals surface area contributed by atoms with Gasteiger partial charge in [-0.2, -0.15) is 0 Å². The molecular weight excluding hydrogens is 300 g/mol. The summed E-state index contributed by atoms with van der Waals surface area (Å²) in [5.74, 6) is 0.171. The van der Waals surface area contributed by atoms with Crippen LogP contribution in [0.4, 0.5) is 5.69 Å². The van der Waals surface area contributed by atoms with Crippen LogP contribution >= 0.6 is 0 Å². The third-order valence-electron chi connectivity index (χ3n) is 6.25. The minimum atomic E-state index is -0.375. The van der Waals surface area contributed by atoms with Crippen LogP contribution < -0.4 is 5.32 Å². The smallest absolute Gasteiger partial charge is 0.236 e. The molecular formula is C19H28N4O. The maximum Gasteiger partial charge on any atom is 0.236 e. The van der Waals surface area contributed by atoms with Crippen LogP contribution in [0.3, 0.4) is 0 Å². The Hall–Kier alpha value is -1.46. The number of anilines is 1. The van der Waals surface area contributed by atoms with Crippen molar-refractivity contribution in [1.82, 2.24) is 14.8 Å². The highest BCUT2D eigenvalue weighted by Crippen LogP contribution is 2.47. The minimum absolute atomic E-state index is 0.171. The lowest BCUT2D eigenvalue weighted by Crippen LogP contribution is -2.46. The SMILES string of the molecule is Cc1ccc2c(n1)C1(CCC(N3CCCN(C)CC3)CC1)C(=O)N2. The number of fused-ring (bicyclic) bond motifs is 2. The summed E-state index contributed by atoms with van der Waals surface area (Å²) in [6, 6.07) is 4.63. The number of aryl methyl sites for hydroxylation is 1. The van der Waals surface area contributed by atoms with Gasteiger partial charge in [0.05, 0.1) is 16.8 Å². The maximum atomic E-state index is 12.7. The molecule has 1 saturated carbocycles. The first-order chi connectivity index (χ1) is 11.6. The number of rotatable bonds is 1. The van der Waals surface area contributed by atoms with E-state index >= 15 is 0 Å². The molecule has 1 spiro atoms. The van der Waals surface area contributed by atoms with Crippen molar-refractivity contribution in [3.63, 3.8) is 0 Å². The number of carbonyl (C=O) groups excluding carboxylic acids is 1. The van der Waals surface area contributed by atoms with Crippen LogP contribution in [0.25, 0.3) is 0 Å². The van der Waals surface area contributed by atoms with Crippen LogP contribution in [0.5, 0.6) is 0 Å². The highest BCUT2D eigenvalue weighted by molar-refractivity contribution is 6.05. The lowest BCUT2D eigenvalue weighted by Gasteiger charge is -2.40. The molecule has 1 aromatic rings. The normalized spacial score (nSPS) is 31.8. The van der Waals surface area contributed by atoms with Crippen molar-refractivity contribution in [3.05, 3.63) is 23.5 Å². The predicted octanol–water partition coefficient (Wildman–Crippen LogP) is 2.16. The van der Waals surface area contributed by atoms with Gasteiger partial charge >= 0.3 is 0 Å². The molecule has 1 N–H and O–H groups in total. The summed E-state index contributed by atoms with van der Waals surface area (Å²) in [6.45, 7) is 6.73. The second kappa shape index (κ2) is 6.12. The molecule has 1 aliphatic carbocycles. The van der Waals surface area contributed by atoms with Crippen molar-refractivity contribution in [1.29, 1.82) is 0 Å². The molecule has 0 unspecified atom stereocenters. The number of likely N-dealkylation sites (N-methyl/N-ethyl adjacent to an activating group) is 1. The van der Waals surface area contributed by atoms with Crippen LogP contribution in [0.1, 0.15) is 43.5 Å². The van der Waals surface area contributed by atoms with Crippen molar-refractivity contribution >= 4 is 11.6 Å². The molecule has 1 amide bonds. The Morgan fingerprint density at radius 3 is 2.75 bits per heavy atom. The van der Waals surface area contributed by atoms with E-state index in [1.54, 1.807) is 0 Å². The number of aromatic nitrogens is 1. The van der Waals surface area contributed by atoms with Crippen molar-refractivity contribution < 1.29 is 4.79 Å². The molecule has 1 aromatic heterocycles. The van der Waals surface area contributed by atoms with E-state index in [1.807, 2.05) is 19.1 Å². The Balaban J connectivity index is 1.50. The molecule has 1 saturated heterocycles. The van der Waals surface area contributed by atoms with E-state index < -0.39 is 0 Å². The van der Waals surface area contributed by atoms with Gasteiger partial charge in [0, 0.05) is 24.8 Å². The molecule has 0 radical (unpaired) electrons. The van der Waals surface area contributed by atoms with Gasteiger partial charge in [-0.15, -0.1) is 0 Å². The molecule has 5 heteroatoms. The quantitative estimate of drug-likeness (QED) is 0.858. The van der Waals surface area contributed by atoms with Crippen LogP contribution in [0.15, 0.2) is 12.1 Å². The Labute approximate surface area is 144 Å². The van der Waals surface area contributed by atoms with Crippen molar-refractivity contribution in [3.8, 4) is 0 Å². The van der Waals surface area contributed by atoms with E-state index in [2.05, 4.69) is 22.2 Å². The second-order valence-electron chi connectivity index (χ2n) is 7.81. The molecule has 0 aromatic carbocycles. The Bertz CT molecular complexity index is 636. The average molecular weight is 328 g/mol. The summed E-state index contributed by atoms with van der Waals surface area (Å²) in [5.41, 5.74) is 2.56. The zero-order valence-corrected chi connectivity index (χ0v) is 14.8. The summed E-state index contributed by atoms with van der Waals surface area (Å²) in [7, 11) is 2.22. The van der Waals surface area contributed by atoms with Gasteiger partial charge in [0.2, 0.25) is 5.91 Å². The lowest BCUT2D eigenvalue weighted by molar-refractivity contribution is -0.122. The van der Waals surface area contributed by atoms with Gasteiger partial charge in [-0.05, 0) is 71.3 Å². The predicted molar refractivity (Wildman–Crippen MR) is 95.2 cm³/mol. The van der Waals surface area contributed by atoms with Crippen LogP contribution in [-0.4, -0.2) is 60.0 Å². The number of hydrogen-bond acceptors (Lipinski definition) is 4. The number of nitrogens with zero attached hydrogens (tertiary/aromatic N) is 3. The molecule has 24 heavy (non-hydrogen) atoms. The average Bonchev–Trinajstić information content (AvgIpc) is 2.73. The van der Waals surface area contributed by atoms with Crippen molar-refractivity contribution in [2.45, 2.75) is 50.5 Å². The molecule has 4 rings (SSSR count). The number of amides is 1. The Morgan fingerprint density at radius 1 is 1.17 bits per heavy atom. The third kappa shape index (κ3) is 2.64. The maximum absolute atomic E-state index is 12.7. The topological polar surface area (TPSA) is 48.5 Å². The van der Waals surface area contributed by atoms with Gasteiger partial charge in [0.25, 0.3) is 0 Å². The number of hydrogen-bond donors (Lipinski definition) is 1. The molecule has 0 bridgehead atoms. The Morgan fingerprint density at radius 2 is 1.96 bits per heavy atom. The minimum Gasteiger partial charge on any atom is -0.324 e. The molecule has 0 atom stereocenters.